The Morgan fingerprint density at radius 3 is 0.813 bits per heavy atom. The highest BCUT2D eigenvalue weighted by Crippen LogP contribution is 2.18. The maximum atomic E-state index is 12.8. The Kier molecular flexibility index (Phi) is 61.2. The molecular formula is C69H124O6. The second-order valence-electron chi connectivity index (χ2n) is 22.0. The lowest BCUT2D eigenvalue weighted by molar-refractivity contribution is -0.167. The molecule has 0 heterocycles. The summed E-state index contributed by atoms with van der Waals surface area (Å²) in [4.78, 5) is 37.9. The van der Waals surface area contributed by atoms with E-state index in [2.05, 4.69) is 81.5 Å². The van der Waals surface area contributed by atoms with Crippen molar-refractivity contribution < 1.29 is 28.6 Å². The summed E-state index contributed by atoms with van der Waals surface area (Å²) in [5.74, 6) is -0.862. The zero-order chi connectivity index (χ0) is 54.3. The molecule has 0 aliphatic heterocycles. The van der Waals surface area contributed by atoms with E-state index in [-0.39, 0.29) is 31.1 Å². The first-order chi connectivity index (χ1) is 37.0. The van der Waals surface area contributed by atoms with Gasteiger partial charge in [0.15, 0.2) is 6.10 Å². The zero-order valence-corrected chi connectivity index (χ0v) is 50.1. The fourth-order valence-electron chi connectivity index (χ4n) is 9.65. The Bertz CT molecular complexity index is 1340. The van der Waals surface area contributed by atoms with Gasteiger partial charge in [0.1, 0.15) is 13.2 Å². The van der Waals surface area contributed by atoms with E-state index in [1.54, 1.807) is 0 Å². The molecule has 6 nitrogen and oxygen atoms in total. The molecule has 6 heteroatoms. The van der Waals surface area contributed by atoms with Crippen molar-refractivity contribution in [2.24, 2.45) is 0 Å². The maximum absolute atomic E-state index is 12.8. The topological polar surface area (TPSA) is 78.9 Å². The number of carbonyl (C=O) groups excluding carboxylic acids is 3. The number of unbranched alkanes of at least 4 members (excludes halogenated alkanes) is 39. The van der Waals surface area contributed by atoms with Crippen LogP contribution in [0, 0.1) is 0 Å². The predicted octanol–water partition coefficient (Wildman–Crippen LogP) is 22.3. The van der Waals surface area contributed by atoms with Gasteiger partial charge >= 0.3 is 17.9 Å². The normalized spacial score (nSPS) is 12.4. The molecule has 0 aliphatic carbocycles. The van der Waals surface area contributed by atoms with Crippen LogP contribution in [-0.4, -0.2) is 37.2 Å². The quantitative estimate of drug-likeness (QED) is 0.0261. The van der Waals surface area contributed by atoms with Crippen molar-refractivity contribution in [1.29, 1.82) is 0 Å². The third-order valence-electron chi connectivity index (χ3n) is 14.5. The van der Waals surface area contributed by atoms with Gasteiger partial charge in [-0.15, -0.1) is 0 Å². The molecule has 0 rings (SSSR count). The van der Waals surface area contributed by atoms with Crippen LogP contribution in [0.15, 0.2) is 60.8 Å². The van der Waals surface area contributed by atoms with Gasteiger partial charge in [0, 0.05) is 19.3 Å². The van der Waals surface area contributed by atoms with Crippen LogP contribution in [0.25, 0.3) is 0 Å². The molecule has 75 heavy (non-hydrogen) atoms. The van der Waals surface area contributed by atoms with E-state index in [9.17, 15) is 14.4 Å². The van der Waals surface area contributed by atoms with Gasteiger partial charge in [-0.3, -0.25) is 14.4 Å². The number of rotatable bonds is 60. The van der Waals surface area contributed by atoms with Crippen LogP contribution in [0.2, 0.25) is 0 Å². The van der Waals surface area contributed by atoms with Crippen molar-refractivity contribution in [2.45, 2.75) is 348 Å². The first kappa shape index (κ1) is 72.1. The summed E-state index contributed by atoms with van der Waals surface area (Å²) in [6.45, 7) is 6.49. The van der Waals surface area contributed by atoms with Crippen LogP contribution < -0.4 is 0 Å². The van der Waals surface area contributed by atoms with Crippen LogP contribution in [-0.2, 0) is 28.6 Å². The Balaban J connectivity index is 3.93. The second-order valence-corrected chi connectivity index (χ2v) is 22.0. The van der Waals surface area contributed by atoms with E-state index in [0.717, 1.165) is 96.3 Å². The molecular weight excluding hydrogens is 925 g/mol. The minimum absolute atomic E-state index is 0.0684. The van der Waals surface area contributed by atoms with Gasteiger partial charge in [-0.05, 0) is 64.2 Å². The molecule has 0 saturated carbocycles. The average molecular weight is 1050 g/mol. The van der Waals surface area contributed by atoms with E-state index in [1.807, 2.05) is 0 Å². The lowest BCUT2D eigenvalue weighted by Crippen LogP contribution is -2.30. The molecule has 0 fully saturated rings. The summed E-state index contributed by atoms with van der Waals surface area (Å²) in [7, 11) is 0. The summed E-state index contributed by atoms with van der Waals surface area (Å²) in [6, 6.07) is 0. The van der Waals surface area contributed by atoms with Crippen molar-refractivity contribution in [2.75, 3.05) is 13.2 Å². The van der Waals surface area contributed by atoms with Crippen LogP contribution in [0.3, 0.4) is 0 Å². The molecule has 0 saturated heterocycles. The van der Waals surface area contributed by atoms with Crippen molar-refractivity contribution in [3.63, 3.8) is 0 Å². The molecule has 0 aliphatic rings. The smallest absolute Gasteiger partial charge is 0.306 e. The number of carbonyl (C=O) groups is 3. The fourth-order valence-corrected chi connectivity index (χ4v) is 9.65. The van der Waals surface area contributed by atoms with E-state index >= 15 is 0 Å². The molecule has 0 spiro atoms. The monoisotopic (exact) mass is 1050 g/mol. The first-order valence-corrected chi connectivity index (χ1v) is 32.8. The van der Waals surface area contributed by atoms with E-state index < -0.39 is 6.10 Å². The fraction of sp³-hybridized carbons (Fsp3) is 0.812. The van der Waals surface area contributed by atoms with E-state index in [1.165, 1.54) is 205 Å². The lowest BCUT2D eigenvalue weighted by atomic mass is 10.0. The van der Waals surface area contributed by atoms with Gasteiger partial charge < -0.3 is 14.2 Å². The van der Waals surface area contributed by atoms with Crippen molar-refractivity contribution >= 4 is 17.9 Å². The molecule has 1 atom stereocenters. The number of hydrogen-bond donors (Lipinski definition) is 0. The molecule has 436 valence electrons. The Morgan fingerprint density at radius 2 is 0.520 bits per heavy atom. The first-order valence-electron chi connectivity index (χ1n) is 32.8. The molecule has 0 aromatic rings. The third-order valence-corrected chi connectivity index (χ3v) is 14.5. The van der Waals surface area contributed by atoms with Crippen molar-refractivity contribution in [1.82, 2.24) is 0 Å². The number of hydrogen-bond acceptors (Lipinski definition) is 6. The van der Waals surface area contributed by atoms with Crippen LogP contribution >= 0.6 is 0 Å². The standard InChI is InChI=1S/C69H124O6/c1-4-7-10-13-15-17-19-21-23-25-27-28-29-30-31-32-33-34-35-36-37-38-39-40-42-43-45-47-49-51-53-56-59-62-68(71)74-65-66(64-73-67(70)61-58-55-12-9-6-3)75-69(72)63-60-57-54-52-50-48-46-44-41-26-24-22-20-18-16-14-11-8-5-2/h7,10,15,17,21,23,27-28,30-31,66H,4-6,8-9,11-14,16,18-20,22,24-26,29,32-65H2,1-3H3/b10-7-,17-15-,23-21-,28-27-,31-30-. The van der Waals surface area contributed by atoms with Crippen molar-refractivity contribution in [3.8, 4) is 0 Å². The van der Waals surface area contributed by atoms with Gasteiger partial charge in [-0.1, -0.05) is 319 Å². The summed E-state index contributed by atoms with van der Waals surface area (Å²) >= 11 is 0. The summed E-state index contributed by atoms with van der Waals surface area (Å²) in [6.07, 6.45) is 81.5. The highest BCUT2D eigenvalue weighted by Gasteiger charge is 2.19. The summed E-state index contributed by atoms with van der Waals surface area (Å²) in [5, 5.41) is 0. The minimum Gasteiger partial charge on any atom is -0.462 e. The number of esters is 3. The Hall–Kier alpha value is -2.89. The Morgan fingerprint density at radius 1 is 0.280 bits per heavy atom. The van der Waals surface area contributed by atoms with Crippen molar-refractivity contribution in [3.05, 3.63) is 60.8 Å². The molecule has 0 N–H and O–H groups in total. The molecule has 0 radical (unpaired) electrons. The van der Waals surface area contributed by atoms with Crippen LogP contribution in [0.4, 0.5) is 0 Å². The predicted molar refractivity (Wildman–Crippen MR) is 325 cm³/mol. The molecule has 0 amide bonds. The maximum Gasteiger partial charge on any atom is 0.306 e. The summed E-state index contributed by atoms with van der Waals surface area (Å²) < 4.78 is 16.8. The summed E-state index contributed by atoms with van der Waals surface area (Å²) in [5.41, 5.74) is 0. The Labute approximate surface area is 466 Å². The number of ether oxygens (including phenoxy) is 3. The second kappa shape index (κ2) is 63.6. The SMILES string of the molecule is CC/C=C\C/C=C\C/C=C\C/C=C\C/C=C\CCCCCCCCCCCCCCCCCCCC(=O)OCC(COC(=O)CCCCCCC)OC(=O)CCCCCCCCCCCCCCCCCCCCC. The van der Waals surface area contributed by atoms with Crippen LogP contribution in [0.5, 0.6) is 0 Å². The molecule has 0 bridgehead atoms. The third kappa shape index (κ3) is 61.8. The van der Waals surface area contributed by atoms with Gasteiger partial charge in [0.2, 0.25) is 0 Å². The van der Waals surface area contributed by atoms with E-state index in [4.69, 9.17) is 14.2 Å². The van der Waals surface area contributed by atoms with Gasteiger partial charge in [0.25, 0.3) is 0 Å². The van der Waals surface area contributed by atoms with Gasteiger partial charge in [-0.25, -0.2) is 0 Å². The highest BCUT2D eigenvalue weighted by atomic mass is 16.6. The molecule has 0 aromatic carbocycles. The number of allylic oxidation sites excluding steroid dienone is 10. The largest absolute Gasteiger partial charge is 0.462 e. The van der Waals surface area contributed by atoms with Gasteiger partial charge in [0.05, 0.1) is 0 Å². The average Bonchev–Trinajstić information content (AvgIpc) is 3.41. The van der Waals surface area contributed by atoms with Crippen LogP contribution in [0.1, 0.15) is 342 Å². The highest BCUT2D eigenvalue weighted by molar-refractivity contribution is 5.71. The lowest BCUT2D eigenvalue weighted by Gasteiger charge is -2.18. The zero-order valence-electron chi connectivity index (χ0n) is 50.1. The molecule has 0 aromatic heterocycles. The molecule has 1 unspecified atom stereocenters. The van der Waals surface area contributed by atoms with E-state index in [0.29, 0.717) is 19.3 Å². The minimum atomic E-state index is -0.766. The van der Waals surface area contributed by atoms with Gasteiger partial charge in [-0.2, -0.15) is 0 Å².